The lowest BCUT2D eigenvalue weighted by molar-refractivity contribution is 0.000321. The zero-order valence-corrected chi connectivity index (χ0v) is 14.5. The molecule has 1 heterocycles. The van der Waals surface area contributed by atoms with Crippen molar-refractivity contribution in [3.63, 3.8) is 0 Å². The largest absolute Gasteiger partial charge is 0.372 e. The Morgan fingerprint density at radius 3 is 2.58 bits per heavy atom. The maximum absolute atomic E-state index is 14.1. The highest BCUT2D eigenvalue weighted by atomic mass is 19.1. The number of nitrogens with one attached hydrogen (secondary N) is 1. The number of ether oxygens (including phenoxy) is 1. The summed E-state index contributed by atoms with van der Waals surface area (Å²) in [5.41, 5.74) is 0.336. The summed E-state index contributed by atoms with van der Waals surface area (Å²) in [5.74, 6) is -0.311. The van der Waals surface area contributed by atoms with Gasteiger partial charge >= 0.3 is 0 Å². The molecule has 0 spiro atoms. The molecule has 1 atom stereocenters. The highest BCUT2D eigenvalue weighted by Crippen LogP contribution is 2.26. The molecule has 1 N–H and O–H groups in total. The monoisotopic (exact) mass is 354 g/mol. The molecule has 1 unspecified atom stereocenters. The van der Waals surface area contributed by atoms with Gasteiger partial charge in [-0.1, -0.05) is 53.7 Å². The molecular formula is C20H19FN2O3. The Morgan fingerprint density at radius 2 is 1.88 bits per heavy atom. The Balaban J connectivity index is 1.72. The van der Waals surface area contributed by atoms with Crippen molar-refractivity contribution in [3.8, 4) is 11.3 Å². The van der Waals surface area contributed by atoms with E-state index in [0.29, 0.717) is 11.3 Å². The fraction of sp³-hybridized carbons (Fsp3) is 0.200. The van der Waals surface area contributed by atoms with E-state index in [1.54, 1.807) is 31.2 Å². The van der Waals surface area contributed by atoms with Crippen molar-refractivity contribution in [2.24, 2.45) is 0 Å². The summed E-state index contributed by atoms with van der Waals surface area (Å²) in [6, 6.07) is 17.2. The Morgan fingerprint density at radius 1 is 1.19 bits per heavy atom. The number of benzene rings is 2. The number of methoxy groups -OCH3 is 1. The van der Waals surface area contributed by atoms with Crippen LogP contribution in [0.2, 0.25) is 0 Å². The first-order chi connectivity index (χ1) is 12.5. The lowest BCUT2D eigenvalue weighted by atomic mass is 9.95. The minimum Gasteiger partial charge on any atom is -0.372 e. The molecule has 5 nitrogen and oxygen atoms in total. The van der Waals surface area contributed by atoms with E-state index in [1.165, 1.54) is 13.2 Å². The summed E-state index contributed by atoms with van der Waals surface area (Å²) in [4.78, 5) is 12.4. The van der Waals surface area contributed by atoms with Crippen LogP contribution in [0.5, 0.6) is 0 Å². The van der Waals surface area contributed by atoms with E-state index in [1.807, 2.05) is 30.3 Å². The molecule has 26 heavy (non-hydrogen) atoms. The van der Waals surface area contributed by atoms with E-state index in [2.05, 4.69) is 10.5 Å². The van der Waals surface area contributed by atoms with Crippen LogP contribution >= 0.6 is 0 Å². The van der Waals surface area contributed by atoms with Crippen molar-refractivity contribution < 1.29 is 18.4 Å². The van der Waals surface area contributed by atoms with Crippen LogP contribution in [0.25, 0.3) is 11.3 Å². The number of nitrogens with zero attached hydrogens (tertiary/aromatic N) is 1. The molecule has 0 aliphatic heterocycles. The minimum absolute atomic E-state index is 0.0802. The second-order valence-electron chi connectivity index (χ2n) is 6.04. The minimum atomic E-state index is -1.01. The van der Waals surface area contributed by atoms with Crippen molar-refractivity contribution in [1.29, 1.82) is 0 Å². The Kier molecular flexibility index (Phi) is 5.14. The average molecular weight is 354 g/mol. The van der Waals surface area contributed by atoms with Gasteiger partial charge in [0.15, 0.2) is 11.5 Å². The number of halogens is 1. The van der Waals surface area contributed by atoms with E-state index in [4.69, 9.17) is 9.26 Å². The Bertz CT molecular complexity index is 895. The van der Waals surface area contributed by atoms with Crippen LogP contribution in [0.3, 0.4) is 0 Å². The fourth-order valence-electron chi connectivity index (χ4n) is 2.63. The first-order valence-electron chi connectivity index (χ1n) is 8.14. The molecule has 0 fully saturated rings. The highest BCUT2D eigenvalue weighted by Gasteiger charge is 2.30. The first kappa shape index (κ1) is 17.8. The molecule has 6 heteroatoms. The van der Waals surface area contributed by atoms with Crippen molar-refractivity contribution in [3.05, 3.63) is 77.7 Å². The maximum atomic E-state index is 14.1. The van der Waals surface area contributed by atoms with Gasteiger partial charge in [0.25, 0.3) is 5.91 Å². The molecule has 0 radical (unpaired) electrons. The number of aromatic nitrogens is 1. The third kappa shape index (κ3) is 3.65. The summed E-state index contributed by atoms with van der Waals surface area (Å²) in [7, 11) is 1.47. The molecule has 134 valence electrons. The molecule has 2 aromatic carbocycles. The zero-order chi connectivity index (χ0) is 18.6. The third-order valence-corrected chi connectivity index (χ3v) is 4.28. The second-order valence-corrected chi connectivity index (χ2v) is 6.04. The van der Waals surface area contributed by atoms with Gasteiger partial charge in [-0.25, -0.2) is 4.39 Å². The van der Waals surface area contributed by atoms with Gasteiger partial charge in [-0.3, -0.25) is 4.79 Å². The van der Waals surface area contributed by atoms with Gasteiger partial charge in [-0.05, 0) is 13.0 Å². The standard InChI is InChI=1S/C20H19FN2O3/c1-20(25-2,15-10-6-7-11-16(15)21)13-22-19(24)17-12-18(26-23-17)14-8-4-3-5-9-14/h3-12H,13H2,1-2H3,(H,22,24). The molecule has 0 aliphatic rings. The van der Waals surface area contributed by atoms with Crippen molar-refractivity contribution in [2.75, 3.05) is 13.7 Å². The van der Waals surface area contributed by atoms with E-state index in [9.17, 15) is 9.18 Å². The topological polar surface area (TPSA) is 64.4 Å². The molecular weight excluding hydrogens is 335 g/mol. The van der Waals surface area contributed by atoms with Gasteiger partial charge in [0.1, 0.15) is 11.4 Å². The quantitative estimate of drug-likeness (QED) is 0.732. The predicted octanol–water partition coefficient (Wildman–Crippen LogP) is 3.77. The van der Waals surface area contributed by atoms with Gasteiger partial charge in [0.05, 0.1) is 6.54 Å². The van der Waals surface area contributed by atoms with Crippen molar-refractivity contribution >= 4 is 5.91 Å². The van der Waals surface area contributed by atoms with Crippen LogP contribution in [-0.2, 0) is 10.3 Å². The van der Waals surface area contributed by atoms with Crippen LogP contribution < -0.4 is 5.32 Å². The number of carbonyl (C=O) groups is 1. The second kappa shape index (κ2) is 7.49. The van der Waals surface area contributed by atoms with Crippen molar-refractivity contribution in [2.45, 2.75) is 12.5 Å². The smallest absolute Gasteiger partial charge is 0.273 e. The molecule has 3 rings (SSSR count). The summed E-state index contributed by atoms with van der Waals surface area (Å²) in [5, 5.41) is 6.54. The van der Waals surface area contributed by atoms with Gasteiger partial charge in [-0.15, -0.1) is 0 Å². The Hall–Kier alpha value is -2.99. The molecule has 1 amide bonds. The normalized spacial score (nSPS) is 13.2. The number of amides is 1. The summed E-state index contributed by atoms with van der Waals surface area (Å²) in [6.07, 6.45) is 0. The number of carbonyl (C=O) groups excluding carboxylic acids is 1. The van der Waals surface area contributed by atoms with Crippen LogP contribution in [0, 0.1) is 5.82 Å². The van der Waals surface area contributed by atoms with E-state index in [0.717, 1.165) is 5.56 Å². The fourth-order valence-corrected chi connectivity index (χ4v) is 2.63. The van der Waals surface area contributed by atoms with E-state index >= 15 is 0 Å². The van der Waals surface area contributed by atoms with E-state index < -0.39 is 11.5 Å². The summed E-state index contributed by atoms with van der Waals surface area (Å²) < 4.78 is 24.8. The van der Waals surface area contributed by atoms with Crippen LogP contribution in [0.15, 0.2) is 65.2 Å². The van der Waals surface area contributed by atoms with E-state index in [-0.39, 0.29) is 18.1 Å². The predicted molar refractivity (Wildman–Crippen MR) is 95.0 cm³/mol. The molecule has 0 saturated carbocycles. The summed E-state index contributed by atoms with van der Waals surface area (Å²) >= 11 is 0. The first-order valence-corrected chi connectivity index (χ1v) is 8.14. The van der Waals surface area contributed by atoms with Crippen LogP contribution in [0.1, 0.15) is 23.0 Å². The highest BCUT2D eigenvalue weighted by molar-refractivity contribution is 5.93. The van der Waals surface area contributed by atoms with Crippen molar-refractivity contribution in [1.82, 2.24) is 10.5 Å². The molecule has 1 aromatic heterocycles. The SMILES string of the molecule is COC(C)(CNC(=O)c1cc(-c2ccccc2)on1)c1ccccc1F. The molecule has 0 saturated heterocycles. The van der Waals surface area contributed by atoms with Crippen LogP contribution in [-0.4, -0.2) is 24.7 Å². The van der Waals surface area contributed by atoms with Gasteiger partial charge in [0, 0.05) is 24.3 Å². The maximum Gasteiger partial charge on any atom is 0.273 e. The molecule has 0 aliphatic carbocycles. The number of hydrogen-bond donors (Lipinski definition) is 1. The summed E-state index contributed by atoms with van der Waals surface area (Å²) in [6.45, 7) is 1.79. The lowest BCUT2D eigenvalue weighted by Gasteiger charge is -2.29. The third-order valence-electron chi connectivity index (χ3n) is 4.28. The lowest BCUT2D eigenvalue weighted by Crippen LogP contribution is -2.40. The van der Waals surface area contributed by atoms with Gasteiger partial charge in [0.2, 0.25) is 0 Å². The average Bonchev–Trinajstić information content (AvgIpc) is 3.17. The number of hydrogen-bond acceptors (Lipinski definition) is 4. The number of rotatable bonds is 6. The van der Waals surface area contributed by atoms with Gasteiger partial charge in [-0.2, -0.15) is 0 Å². The molecule has 3 aromatic rings. The zero-order valence-electron chi connectivity index (χ0n) is 14.5. The van der Waals surface area contributed by atoms with Crippen LogP contribution in [0.4, 0.5) is 4.39 Å². The van der Waals surface area contributed by atoms with Gasteiger partial charge < -0.3 is 14.6 Å². The Labute approximate surface area is 150 Å². The molecule has 0 bridgehead atoms.